The van der Waals surface area contributed by atoms with E-state index in [1.54, 1.807) is 31.0 Å². The SMILES string of the molecule is CC(N=Cc1ccc(OCCCCCCOc2ccc(C=NC(CCC(N=Cc3ccc(OCc4cccc(COc5ccc(C=NC(C)c6ccccc6)nc5)c4)cn3)c3ccccc3)c3ccccc3)nc2)cn1)c1ccccc1. The molecule has 12 heteroatoms. The zero-order valence-electron chi connectivity index (χ0n) is 46.7. The molecule has 0 aliphatic rings. The number of pyridine rings is 4. The first-order valence-electron chi connectivity index (χ1n) is 28.2. The fourth-order valence-corrected chi connectivity index (χ4v) is 8.96. The minimum absolute atomic E-state index is 0.0496. The highest BCUT2D eigenvalue weighted by Gasteiger charge is 2.16. The van der Waals surface area contributed by atoms with E-state index in [-0.39, 0.29) is 24.2 Å². The van der Waals surface area contributed by atoms with Gasteiger partial charge in [-0.15, -0.1) is 0 Å². The van der Waals surface area contributed by atoms with Crippen LogP contribution in [0, 0.1) is 0 Å². The highest BCUT2D eigenvalue weighted by Crippen LogP contribution is 2.31. The van der Waals surface area contributed by atoms with E-state index in [9.17, 15) is 0 Å². The molecule has 4 unspecified atom stereocenters. The van der Waals surface area contributed by atoms with Gasteiger partial charge in [0, 0.05) is 24.9 Å². The molecule has 4 heterocycles. The summed E-state index contributed by atoms with van der Waals surface area (Å²) < 4.78 is 24.2. The van der Waals surface area contributed by atoms with Crippen LogP contribution >= 0.6 is 0 Å². The predicted molar refractivity (Wildman–Crippen MR) is 329 cm³/mol. The van der Waals surface area contributed by atoms with Gasteiger partial charge in [0.2, 0.25) is 0 Å². The zero-order chi connectivity index (χ0) is 56.2. The average Bonchev–Trinajstić information content (AvgIpc) is 3.58. The Morgan fingerprint density at radius 2 is 0.671 bits per heavy atom. The molecule has 0 radical (unpaired) electrons. The highest BCUT2D eigenvalue weighted by molar-refractivity contribution is 5.79. The molecule has 9 aromatic rings. The molecule has 0 amide bonds. The van der Waals surface area contributed by atoms with Gasteiger partial charge in [-0.1, -0.05) is 140 Å². The van der Waals surface area contributed by atoms with Gasteiger partial charge in [-0.3, -0.25) is 39.9 Å². The molecule has 5 aromatic carbocycles. The van der Waals surface area contributed by atoms with E-state index in [1.165, 1.54) is 5.56 Å². The molecule has 0 bridgehead atoms. The molecule has 0 aliphatic carbocycles. The minimum atomic E-state index is -0.106. The lowest BCUT2D eigenvalue weighted by atomic mass is 9.96. The first kappa shape index (κ1) is 57.3. The Kier molecular flexibility index (Phi) is 21.9. The second-order valence-electron chi connectivity index (χ2n) is 19.9. The molecular formula is C70H70N8O4. The van der Waals surface area contributed by atoms with Crippen molar-refractivity contribution in [3.05, 3.63) is 275 Å². The summed E-state index contributed by atoms with van der Waals surface area (Å²) in [6.07, 6.45) is 19.9. The summed E-state index contributed by atoms with van der Waals surface area (Å²) in [4.78, 5) is 37.9. The Balaban J connectivity index is 0.699. The van der Waals surface area contributed by atoms with Crippen LogP contribution < -0.4 is 18.9 Å². The quantitative estimate of drug-likeness (QED) is 0.0320. The number of benzene rings is 5. The molecule has 4 aromatic heterocycles. The van der Waals surface area contributed by atoms with Gasteiger partial charge >= 0.3 is 0 Å². The number of hydrogen-bond acceptors (Lipinski definition) is 12. The number of hydrogen-bond donors (Lipinski definition) is 0. The Hall–Kier alpha value is -9.42. The van der Waals surface area contributed by atoms with Crippen LogP contribution in [-0.4, -0.2) is 58.0 Å². The first-order valence-corrected chi connectivity index (χ1v) is 28.2. The third-order valence-corrected chi connectivity index (χ3v) is 13.7. The van der Waals surface area contributed by atoms with E-state index in [0.29, 0.717) is 37.9 Å². The number of aromatic nitrogens is 4. The Bertz CT molecular complexity index is 3380. The van der Waals surface area contributed by atoms with Crippen LogP contribution in [0.3, 0.4) is 0 Å². The number of rotatable bonds is 30. The second-order valence-corrected chi connectivity index (χ2v) is 19.9. The molecule has 0 N–H and O–H groups in total. The van der Waals surface area contributed by atoms with E-state index < -0.39 is 0 Å². The van der Waals surface area contributed by atoms with Gasteiger partial charge in [-0.25, -0.2) is 0 Å². The topological polar surface area (TPSA) is 138 Å². The zero-order valence-corrected chi connectivity index (χ0v) is 46.7. The fourth-order valence-electron chi connectivity index (χ4n) is 8.96. The van der Waals surface area contributed by atoms with Gasteiger partial charge in [-0.2, -0.15) is 0 Å². The minimum Gasteiger partial charge on any atom is -0.492 e. The summed E-state index contributed by atoms with van der Waals surface area (Å²) in [5.74, 6) is 2.87. The molecule has 0 spiro atoms. The largest absolute Gasteiger partial charge is 0.492 e. The maximum atomic E-state index is 6.17. The molecule has 414 valence electrons. The van der Waals surface area contributed by atoms with Gasteiger partial charge in [0.05, 0.1) is 84.9 Å². The monoisotopic (exact) mass is 1090 g/mol. The van der Waals surface area contributed by atoms with Crippen LogP contribution in [-0.2, 0) is 13.2 Å². The van der Waals surface area contributed by atoms with Crippen molar-refractivity contribution in [2.75, 3.05) is 13.2 Å². The van der Waals surface area contributed by atoms with Gasteiger partial charge < -0.3 is 18.9 Å². The molecule has 4 atom stereocenters. The first-order chi connectivity index (χ1) is 40.5. The van der Waals surface area contributed by atoms with Crippen molar-refractivity contribution in [2.45, 2.75) is 89.8 Å². The van der Waals surface area contributed by atoms with E-state index in [2.05, 4.69) is 118 Å². The molecule has 82 heavy (non-hydrogen) atoms. The van der Waals surface area contributed by atoms with Crippen molar-refractivity contribution in [3.8, 4) is 23.0 Å². The summed E-state index contributed by atoms with van der Waals surface area (Å²) >= 11 is 0. The molecule has 0 saturated heterocycles. The van der Waals surface area contributed by atoms with Crippen molar-refractivity contribution >= 4 is 24.9 Å². The highest BCUT2D eigenvalue weighted by atomic mass is 16.5. The smallest absolute Gasteiger partial charge is 0.138 e. The van der Waals surface area contributed by atoms with Gasteiger partial charge in [0.25, 0.3) is 0 Å². The van der Waals surface area contributed by atoms with E-state index >= 15 is 0 Å². The van der Waals surface area contributed by atoms with Gasteiger partial charge in [-0.05, 0) is 140 Å². The van der Waals surface area contributed by atoms with E-state index in [4.69, 9.17) is 33.9 Å². The van der Waals surface area contributed by atoms with Crippen LogP contribution in [0.25, 0.3) is 0 Å². The van der Waals surface area contributed by atoms with Crippen LogP contribution in [0.2, 0.25) is 0 Å². The third kappa shape index (κ3) is 18.9. The summed E-state index contributed by atoms with van der Waals surface area (Å²) in [5.41, 5.74) is 9.76. The van der Waals surface area contributed by atoms with Crippen molar-refractivity contribution in [3.63, 3.8) is 0 Å². The van der Waals surface area contributed by atoms with Crippen LogP contribution in [0.5, 0.6) is 23.0 Å². The number of ether oxygens (including phenoxy) is 4. The Morgan fingerprint density at radius 3 is 1.01 bits per heavy atom. The predicted octanol–water partition coefficient (Wildman–Crippen LogP) is 15.6. The standard InChI is InChI=1S/C70H70N8O4/c1-53(57-22-9-5-10-23-57)71-43-61-30-34-65(47-73-61)79-40-17-3-4-18-41-80-66-35-31-63(74-48-66)45-77-69(59-26-13-7-14-27-59)38-39-70(60-28-15-8-16-29-60)78-46-64-33-37-68(50-76-64)82-52-56-21-19-20-55(42-56)51-81-67-36-32-62(75-49-67)44-72-54(2)58-24-11-6-12-25-58/h5-16,19-37,42-50,53-54,69-70H,3-4,17-18,38-41,51-52H2,1-2H3. The summed E-state index contributed by atoms with van der Waals surface area (Å²) in [6, 6.07) is 64.9. The van der Waals surface area contributed by atoms with Gasteiger partial charge in [0.1, 0.15) is 36.2 Å². The van der Waals surface area contributed by atoms with Crippen LogP contribution in [0.1, 0.15) is 133 Å². The summed E-state index contributed by atoms with van der Waals surface area (Å²) in [5, 5.41) is 0. The summed E-state index contributed by atoms with van der Waals surface area (Å²) in [7, 11) is 0. The average molecular weight is 1090 g/mol. The molecule has 12 nitrogen and oxygen atoms in total. The lowest BCUT2D eigenvalue weighted by Gasteiger charge is -2.17. The van der Waals surface area contributed by atoms with Crippen molar-refractivity contribution < 1.29 is 18.9 Å². The molecular weight excluding hydrogens is 1020 g/mol. The van der Waals surface area contributed by atoms with Gasteiger partial charge in [0.15, 0.2) is 0 Å². The summed E-state index contributed by atoms with van der Waals surface area (Å²) in [6.45, 7) is 6.21. The lowest BCUT2D eigenvalue weighted by Crippen LogP contribution is -2.03. The van der Waals surface area contributed by atoms with E-state index in [0.717, 1.165) is 101 Å². The Labute approximate surface area is 482 Å². The molecule has 0 fully saturated rings. The van der Waals surface area contributed by atoms with Crippen LogP contribution in [0.4, 0.5) is 0 Å². The second kappa shape index (κ2) is 31.4. The molecule has 9 rings (SSSR count). The maximum absolute atomic E-state index is 6.17. The van der Waals surface area contributed by atoms with Crippen LogP contribution in [0.15, 0.2) is 239 Å². The lowest BCUT2D eigenvalue weighted by molar-refractivity contribution is 0.286. The number of unbranched alkanes of at least 4 members (excludes halogenated alkanes) is 3. The number of nitrogens with zero attached hydrogens (tertiary/aromatic N) is 8. The maximum Gasteiger partial charge on any atom is 0.138 e. The normalized spacial score (nSPS) is 13.1. The number of aliphatic imine (C=N–C) groups is 4. The molecule has 0 aliphatic heterocycles. The van der Waals surface area contributed by atoms with Crippen molar-refractivity contribution in [1.29, 1.82) is 0 Å². The third-order valence-electron chi connectivity index (χ3n) is 13.7. The fraction of sp³-hybridized carbons (Fsp3) is 0.229. The van der Waals surface area contributed by atoms with Crippen molar-refractivity contribution in [1.82, 2.24) is 19.9 Å². The van der Waals surface area contributed by atoms with Crippen molar-refractivity contribution in [2.24, 2.45) is 20.0 Å². The molecule has 0 saturated carbocycles. The van der Waals surface area contributed by atoms with E-state index in [1.807, 2.05) is 134 Å². The Morgan fingerprint density at radius 1 is 0.341 bits per heavy atom.